The highest BCUT2D eigenvalue weighted by Gasteiger charge is 2.08. The summed E-state index contributed by atoms with van der Waals surface area (Å²) < 4.78 is 6.02. The van der Waals surface area contributed by atoms with E-state index in [1.165, 1.54) is 16.9 Å². The summed E-state index contributed by atoms with van der Waals surface area (Å²) in [5, 5.41) is 10.2. The van der Waals surface area contributed by atoms with E-state index in [-0.39, 0.29) is 5.91 Å². The minimum Gasteiger partial charge on any atom is -0.496 e. The molecular formula is C25H21BrN4O2S. The van der Waals surface area contributed by atoms with Gasteiger partial charge in [-0.05, 0) is 70.9 Å². The van der Waals surface area contributed by atoms with Crippen molar-refractivity contribution in [2.24, 2.45) is 5.10 Å². The molecule has 166 valence electrons. The van der Waals surface area contributed by atoms with Crippen LogP contribution in [0.15, 0.2) is 81.7 Å². The van der Waals surface area contributed by atoms with Gasteiger partial charge < -0.3 is 10.1 Å². The number of methoxy groups -OCH3 is 1. The van der Waals surface area contributed by atoms with E-state index in [2.05, 4.69) is 55.8 Å². The van der Waals surface area contributed by atoms with Gasteiger partial charge in [0.1, 0.15) is 5.75 Å². The number of rotatable bonds is 7. The van der Waals surface area contributed by atoms with Crippen LogP contribution in [0.25, 0.3) is 11.3 Å². The van der Waals surface area contributed by atoms with Gasteiger partial charge in [-0.3, -0.25) is 4.79 Å². The smallest absolute Gasteiger partial charge is 0.271 e. The number of nitrogens with one attached hydrogen (secondary N) is 2. The summed E-state index contributed by atoms with van der Waals surface area (Å²) >= 11 is 4.96. The Balaban J connectivity index is 1.36. The lowest BCUT2D eigenvalue weighted by molar-refractivity contribution is 0.0955. The molecule has 8 heteroatoms. The molecule has 1 amide bonds. The molecule has 1 heterocycles. The Morgan fingerprint density at radius 2 is 1.85 bits per heavy atom. The third-order valence-electron chi connectivity index (χ3n) is 4.81. The number of aryl methyl sites for hydroxylation is 1. The van der Waals surface area contributed by atoms with Crippen molar-refractivity contribution in [3.63, 3.8) is 0 Å². The third-order valence-corrected chi connectivity index (χ3v) is 6.18. The van der Waals surface area contributed by atoms with Gasteiger partial charge in [0.25, 0.3) is 5.91 Å². The first-order valence-electron chi connectivity index (χ1n) is 10.1. The highest BCUT2D eigenvalue weighted by atomic mass is 79.9. The number of anilines is 2. The van der Waals surface area contributed by atoms with Crippen molar-refractivity contribution in [1.29, 1.82) is 0 Å². The number of hydrazone groups is 1. The number of thiazole rings is 1. The zero-order chi connectivity index (χ0) is 23.2. The first kappa shape index (κ1) is 22.7. The van der Waals surface area contributed by atoms with Gasteiger partial charge in [-0.25, -0.2) is 10.4 Å². The molecule has 2 N–H and O–H groups in total. The molecule has 0 aliphatic carbocycles. The van der Waals surface area contributed by atoms with Crippen LogP contribution < -0.4 is 15.5 Å². The molecule has 0 aliphatic rings. The first-order valence-corrected chi connectivity index (χ1v) is 11.8. The largest absolute Gasteiger partial charge is 0.496 e. The lowest BCUT2D eigenvalue weighted by Gasteiger charge is -2.04. The predicted molar refractivity (Wildman–Crippen MR) is 138 cm³/mol. The van der Waals surface area contributed by atoms with Crippen LogP contribution in [0, 0.1) is 6.92 Å². The van der Waals surface area contributed by atoms with Crippen molar-refractivity contribution >= 4 is 50.2 Å². The van der Waals surface area contributed by atoms with Crippen LogP contribution in [0.5, 0.6) is 5.75 Å². The molecule has 4 aromatic rings. The number of benzene rings is 3. The molecule has 1 aromatic heterocycles. The SMILES string of the molecule is COc1ccc(/C=N\NC(=O)c2ccc(-c3csc(Nc4ccc(C)cc4)n3)cc2)cc1Br. The maximum absolute atomic E-state index is 12.4. The van der Waals surface area contributed by atoms with Crippen molar-refractivity contribution in [3.8, 4) is 17.0 Å². The van der Waals surface area contributed by atoms with Crippen molar-refractivity contribution in [3.05, 3.63) is 93.3 Å². The number of halogens is 1. The highest BCUT2D eigenvalue weighted by molar-refractivity contribution is 9.10. The van der Waals surface area contributed by atoms with E-state index in [0.717, 1.165) is 37.9 Å². The number of hydrogen-bond donors (Lipinski definition) is 2. The topological polar surface area (TPSA) is 75.6 Å². The number of ether oxygens (including phenoxy) is 1. The molecule has 0 saturated carbocycles. The summed E-state index contributed by atoms with van der Waals surface area (Å²) in [6, 6.07) is 21.0. The molecule has 0 radical (unpaired) electrons. The number of aromatic nitrogens is 1. The molecular weight excluding hydrogens is 500 g/mol. The standard InChI is InChI=1S/C25H21BrN4O2S/c1-16-3-10-20(11-4-16)28-25-29-22(15-33-25)18-6-8-19(9-7-18)24(31)30-27-14-17-5-12-23(32-2)21(26)13-17/h3-15H,1-2H3,(H,28,29)(H,30,31)/b27-14-. The fraction of sp³-hybridized carbons (Fsp3) is 0.0800. The summed E-state index contributed by atoms with van der Waals surface area (Å²) in [5.41, 5.74) is 7.89. The molecule has 0 spiro atoms. The van der Waals surface area contributed by atoms with E-state index < -0.39 is 0 Å². The van der Waals surface area contributed by atoms with Gasteiger partial charge in [-0.15, -0.1) is 11.3 Å². The van der Waals surface area contributed by atoms with Crippen LogP contribution in [0.1, 0.15) is 21.5 Å². The van der Waals surface area contributed by atoms with Crippen LogP contribution in [0.3, 0.4) is 0 Å². The summed E-state index contributed by atoms with van der Waals surface area (Å²) in [6.07, 6.45) is 1.58. The Kier molecular flexibility index (Phi) is 7.16. The second kappa shape index (κ2) is 10.4. The summed E-state index contributed by atoms with van der Waals surface area (Å²) in [5.74, 6) is 0.444. The zero-order valence-electron chi connectivity index (χ0n) is 18.0. The fourth-order valence-electron chi connectivity index (χ4n) is 3.01. The third kappa shape index (κ3) is 5.85. The van der Waals surface area contributed by atoms with Gasteiger partial charge in [-0.1, -0.05) is 29.8 Å². The number of nitrogens with zero attached hydrogens (tertiary/aromatic N) is 2. The van der Waals surface area contributed by atoms with Crippen LogP contribution in [-0.4, -0.2) is 24.2 Å². The number of carbonyl (C=O) groups excluding carboxylic acids is 1. The quantitative estimate of drug-likeness (QED) is 0.218. The Morgan fingerprint density at radius 1 is 1.09 bits per heavy atom. The zero-order valence-corrected chi connectivity index (χ0v) is 20.4. The van der Waals surface area contributed by atoms with Gasteiger partial charge >= 0.3 is 0 Å². The van der Waals surface area contributed by atoms with Gasteiger partial charge in [0.2, 0.25) is 0 Å². The minimum atomic E-state index is -0.287. The van der Waals surface area contributed by atoms with E-state index in [4.69, 9.17) is 4.74 Å². The minimum absolute atomic E-state index is 0.287. The second-order valence-corrected chi connectivity index (χ2v) is 8.91. The Labute approximate surface area is 204 Å². The summed E-state index contributed by atoms with van der Waals surface area (Å²) in [7, 11) is 1.61. The molecule has 33 heavy (non-hydrogen) atoms. The molecule has 0 fully saturated rings. The van der Waals surface area contributed by atoms with Gasteiger partial charge in [0, 0.05) is 22.2 Å². The highest BCUT2D eigenvalue weighted by Crippen LogP contribution is 2.28. The van der Waals surface area contributed by atoms with Crippen LogP contribution in [0.2, 0.25) is 0 Å². The molecule has 3 aromatic carbocycles. The Morgan fingerprint density at radius 3 is 2.55 bits per heavy atom. The van der Waals surface area contributed by atoms with Crippen LogP contribution in [-0.2, 0) is 0 Å². The predicted octanol–water partition coefficient (Wildman–Crippen LogP) is 6.40. The van der Waals surface area contributed by atoms with E-state index >= 15 is 0 Å². The van der Waals surface area contributed by atoms with Crippen molar-refractivity contribution in [2.75, 3.05) is 12.4 Å². The number of carbonyl (C=O) groups is 1. The van der Waals surface area contributed by atoms with Crippen molar-refractivity contribution < 1.29 is 9.53 Å². The normalized spacial score (nSPS) is 10.9. The van der Waals surface area contributed by atoms with E-state index in [9.17, 15) is 4.79 Å². The van der Waals surface area contributed by atoms with Crippen molar-refractivity contribution in [1.82, 2.24) is 10.4 Å². The van der Waals surface area contributed by atoms with E-state index in [1.54, 1.807) is 25.5 Å². The first-order chi connectivity index (χ1) is 16.0. The van der Waals surface area contributed by atoms with Gasteiger partial charge in [-0.2, -0.15) is 5.10 Å². The molecule has 0 saturated heterocycles. The summed E-state index contributed by atoms with van der Waals surface area (Å²) in [6.45, 7) is 2.06. The lowest BCUT2D eigenvalue weighted by Crippen LogP contribution is -2.17. The Hall–Kier alpha value is -3.49. The molecule has 0 aliphatic heterocycles. The molecule has 0 bridgehead atoms. The average molecular weight is 521 g/mol. The number of hydrogen-bond acceptors (Lipinski definition) is 6. The average Bonchev–Trinajstić information content (AvgIpc) is 3.29. The maximum Gasteiger partial charge on any atom is 0.271 e. The lowest BCUT2D eigenvalue weighted by atomic mass is 10.1. The fourth-order valence-corrected chi connectivity index (χ4v) is 4.31. The summed E-state index contributed by atoms with van der Waals surface area (Å²) in [4.78, 5) is 17.0. The van der Waals surface area contributed by atoms with Gasteiger partial charge in [0.05, 0.1) is 23.5 Å². The van der Waals surface area contributed by atoms with Gasteiger partial charge in [0.15, 0.2) is 5.13 Å². The Bertz CT molecular complexity index is 1280. The molecule has 6 nitrogen and oxygen atoms in total. The van der Waals surface area contributed by atoms with Crippen LogP contribution >= 0.6 is 27.3 Å². The maximum atomic E-state index is 12.4. The number of amides is 1. The van der Waals surface area contributed by atoms with E-state index in [1.807, 2.05) is 47.8 Å². The monoisotopic (exact) mass is 520 g/mol. The van der Waals surface area contributed by atoms with Crippen molar-refractivity contribution in [2.45, 2.75) is 6.92 Å². The second-order valence-electron chi connectivity index (χ2n) is 7.20. The molecule has 0 atom stereocenters. The van der Waals surface area contributed by atoms with E-state index in [0.29, 0.717) is 5.56 Å². The molecule has 4 rings (SSSR count). The molecule has 0 unspecified atom stereocenters. The van der Waals surface area contributed by atoms with Crippen LogP contribution in [0.4, 0.5) is 10.8 Å².